The van der Waals surface area contributed by atoms with E-state index in [4.69, 9.17) is 9.47 Å². The van der Waals surface area contributed by atoms with Gasteiger partial charge in [-0.3, -0.25) is 4.79 Å². The Hall–Kier alpha value is -0.610. The van der Waals surface area contributed by atoms with Crippen LogP contribution in [0.2, 0.25) is 0 Å². The zero-order chi connectivity index (χ0) is 8.69. The van der Waals surface area contributed by atoms with Crippen LogP contribution in [0.1, 0.15) is 6.92 Å². The van der Waals surface area contributed by atoms with Gasteiger partial charge in [0.25, 0.3) is 0 Å². The van der Waals surface area contributed by atoms with Crippen molar-refractivity contribution < 1.29 is 14.3 Å². The summed E-state index contributed by atoms with van der Waals surface area (Å²) in [5.41, 5.74) is 0. The fraction of sp³-hybridized carbons (Fsp3) is 0.857. The number of nitrogens with zero attached hydrogens (tertiary/aromatic N) is 1. The zero-order valence-corrected chi connectivity index (χ0v) is 7.24. The van der Waals surface area contributed by atoms with Crippen molar-refractivity contribution in [1.82, 2.24) is 4.90 Å². The van der Waals surface area contributed by atoms with Gasteiger partial charge in [0.15, 0.2) is 6.29 Å². The summed E-state index contributed by atoms with van der Waals surface area (Å²) in [4.78, 5) is 11.7. The molecule has 0 aromatic rings. The van der Waals surface area contributed by atoms with Crippen LogP contribution in [0.3, 0.4) is 0 Å². The van der Waals surface area contributed by atoms with E-state index in [1.54, 1.807) is 14.2 Å². The topological polar surface area (TPSA) is 38.8 Å². The van der Waals surface area contributed by atoms with E-state index in [0.717, 1.165) is 6.41 Å². The molecule has 66 valence electrons. The number of likely N-dealkylation sites (N-methyl/N-ethyl adjacent to an activating group) is 1. The maximum absolute atomic E-state index is 10.2. The Balaban J connectivity index is 3.57. The van der Waals surface area contributed by atoms with Crippen molar-refractivity contribution in [3.63, 3.8) is 0 Å². The Kier molecular flexibility index (Phi) is 5.78. The van der Waals surface area contributed by atoms with Crippen LogP contribution in [0.15, 0.2) is 0 Å². The van der Waals surface area contributed by atoms with E-state index in [1.165, 1.54) is 4.90 Å². The van der Waals surface area contributed by atoms with Gasteiger partial charge in [-0.15, -0.1) is 0 Å². The molecule has 4 heteroatoms. The Morgan fingerprint density at radius 2 is 2.27 bits per heavy atom. The molecule has 0 N–H and O–H groups in total. The minimum absolute atomic E-state index is 0.310. The first-order chi connectivity index (χ1) is 5.24. The number of carbonyl (C=O) groups is 1. The normalized spacial score (nSPS) is 12.6. The van der Waals surface area contributed by atoms with Crippen LogP contribution < -0.4 is 0 Å². The SMILES string of the molecule is CCOC(CN(C)C=O)OC. The monoisotopic (exact) mass is 161 g/mol. The molecule has 0 radical (unpaired) electrons. The smallest absolute Gasteiger partial charge is 0.209 e. The molecule has 0 aliphatic heterocycles. The van der Waals surface area contributed by atoms with Crippen LogP contribution in [0.25, 0.3) is 0 Å². The lowest BCUT2D eigenvalue weighted by molar-refractivity contribution is -0.140. The fourth-order valence-corrected chi connectivity index (χ4v) is 0.659. The van der Waals surface area contributed by atoms with E-state index in [1.807, 2.05) is 6.92 Å². The molecule has 0 aromatic carbocycles. The Morgan fingerprint density at radius 1 is 1.64 bits per heavy atom. The van der Waals surface area contributed by atoms with Crippen LogP contribution in [0.5, 0.6) is 0 Å². The molecule has 0 spiro atoms. The highest BCUT2D eigenvalue weighted by atomic mass is 16.7. The van der Waals surface area contributed by atoms with E-state index >= 15 is 0 Å². The van der Waals surface area contributed by atoms with Crippen LogP contribution in [-0.2, 0) is 14.3 Å². The van der Waals surface area contributed by atoms with Gasteiger partial charge in [0.05, 0.1) is 6.54 Å². The van der Waals surface area contributed by atoms with Gasteiger partial charge in [0.1, 0.15) is 0 Å². The number of hydrogen-bond donors (Lipinski definition) is 0. The van der Waals surface area contributed by atoms with Crippen LogP contribution in [0, 0.1) is 0 Å². The van der Waals surface area contributed by atoms with Gasteiger partial charge >= 0.3 is 0 Å². The summed E-state index contributed by atoms with van der Waals surface area (Å²) in [6.45, 7) is 2.94. The van der Waals surface area contributed by atoms with E-state index in [0.29, 0.717) is 13.2 Å². The number of methoxy groups -OCH3 is 1. The van der Waals surface area contributed by atoms with E-state index in [-0.39, 0.29) is 6.29 Å². The second-order valence-corrected chi connectivity index (χ2v) is 2.17. The third-order valence-electron chi connectivity index (χ3n) is 1.23. The first kappa shape index (κ1) is 10.4. The highest BCUT2D eigenvalue weighted by molar-refractivity contribution is 5.46. The van der Waals surface area contributed by atoms with Crippen molar-refractivity contribution in [1.29, 1.82) is 0 Å². The maximum Gasteiger partial charge on any atom is 0.209 e. The fourth-order valence-electron chi connectivity index (χ4n) is 0.659. The molecule has 0 aliphatic rings. The van der Waals surface area contributed by atoms with Crippen LogP contribution in [-0.4, -0.2) is 44.9 Å². The summed E-state index contributed by atoms with van der Waals surface area (Å²) in [5.74, 6) is 0. The summed E-state index contributed by atoms with van der Waals surface area (Å²) in [6, 6.07) is 0. The van der Waals surface area contributed by atoms with Crippen LogP contribution in [0.4, 0.5) is 0 Å². The molecule has 0 heterocycles. The molecule has 4 nitrogen and oxygen atoms in total. The third kappa shape index (κ3) is 4.75. The molecular formula is C7H15NO3. The van der Waals surface area contributed by atoms with Crippen molar-refractivity contribution in [2.24, 2.45) is 0 Å². The Morgan fingerprint density at radius 3 is 2.64 bits per heavy atom. The molecule has 1 unspecified atom stereocenters. The molecular weight excluding hydrogens is 146 g/mol. The molecule has 0 bridgehead atoms. The van der Waals surface area contributed by atoms with Crippen molar-refractivity contribution >= 4 is 6.41 Å². The molecule has 0 aliphatic carbocycles. The number of amides is 1. The van der Waals surface area contributed by atoms with Gasteiger partial charge in [-0.1, -0.05) is 0 Å². The average Bonchev–Trinajstić information content (AvgIpc) is 2.03. The maximum atomic E-state index is 10.2. The Labute approximate surface area is 67.1 Å². The lowest BCUT2D eigenvalue weighted by Gasteiger charge is -2.19. The van der Waals surface area contributed by atoms with Gasteiger partial charge in [-0.05, 0) is 6.92 Å². The largest absolute Gasteiger partial charge is 0.354 e. The summed E-state index contributed by atoms with van der Waals surface area (Å²) < 4.78 is 10.1. The van der Waals surface area contributed by atoms with E-state index in [2.05, 4.69) is 0 Å². The van der Waals surface area contributed by atoms with Gasteiger partial charge < -0.3 is 14.4 Å². The molecule has 1 atom stereocenters. The molecule has 0 saturated heterocycles. The predicted molar refractivity (Wildman–Crippen MR) is 41.1 cm³/mol. The standard InChI is InChI=1S/C7H15NO3/c1-4-11-7(10-3)5-8(2)6-9/h6-7H,4-5H2,1-3H3. The first-order valence-electron chi connectivity index (χ1n) is 3.54. The summed E-state index contributed by atoms with van der Waals surface area (Å²) >= 11 is 0. The lowest BCUT2D eigenvalue weighted by Crippen LogP contribution is -2.31. The van der Waals surface area contributed by atoms with Crippen molar-refractivity contribution in [2.75, 3.05) is 27.3 Å². The van der Waals surface area contributed by atoms with Crippen molar-refractivity contribution in [3.8, 4) is 0 Å². The van der Waals surface area contributed by atoms with Gasteiger partial charge in [0, 0.05) is 20.8 Å². The van der Waals surface area contributed by atoms with Crippen molar-refractivity contribution in [3.05, 3.63) is 0 Å². The van der Waals surface area contributed by atoms with Crippen LogP contribution >= 0.6 is 0 Å². The molecule has 0 rings (SSSR count). The zero-order valence-electron chi connectivity index (χ0n) is 7.24. The average molecular weight is 161 g/mol. The number of rotatable bonds is 6. The number of hydrogen-bond acceptors (Lipinski definition) is 3. The van der Waals surface area contributed by atoms with Gasteiger partial charge in [-0.2, -0.15) is 0 Å². The second-order valence-electron chi connectivity index (χ2n) is 2.17. The quantitative estimate of drug-likeness (QED) is 0.409. The first-order valence-corrected chi connectivity index (χ1v) is 3.54. The highest BCUT2D eigenvalue weighted by Crippen LogP contribution is 1.93. The number of ether oxygens (including phenoxy) is 2. The third-order valence-corrected chi connectivity index (χ3v) is 1.23. The van der Waals surface area contributed by atoms with E-state index < -0.39 is 0 Å². The summed E-state index contributed by atoms with van der Waals surface area (Å²) in [7, 11) is 3.23. The van der Waals surface area contributed by atoms with Gasteiger partial charge in [-0.25, -0.2) is 0 Å². The van der Waals surface area contributed by atoms with Crippen molar-refractivity contribution in [2.45, 2.75) is 13.2 Å². The molecule has 0 saturated carbocycles. The van der Waals surface area contributed by atoms with Gasteiger partial charge in [0.2, 0.25) is 6.41 Å². The molecule has 0 aromatic heterocycles. The summed E-state index contributed by atoms with van der Waals surface area (Å²) in [6.07, 6.45) is 0.431. The highest BCUT2D eigenvalue weighted by Gasteiger charge is 2.07. The minimum Gasteiger partial charge on any atom is -0.354 e. The predicted octanol–water partition coefficient (Wildman–Crippen LogP) is 0.0836. The second kappa shape index (κ2) is 6.12. The molecule has 0 fully saturated rings. The molecule has 11 heavy (non-hydrogen) atoms. The van der Waals surface area contributed by atoms with E-state index in [9.17, 15) is 4.79 Å². The molecule has 1 amide bonds. The minimum atomic E-state index is -0.310. The summed E-state index contributed by atoms with van der Waals surface area (Å²) in [5, 5.41) is 0. The Bertz CT molecular complexity index is 108. The lowest BCUT2D eigenvalue weighted by atomic mass is 10.5. The number of carbonyl (C=O) groups excluding carboxylic acids is 1.